The highest BCUT2D eigenvalue weighted by molar-refractivity contribution is 6.14. The highest BCUT2D eigenvalue weighted by Gasteiger charge is 2.12. The summed E-state index contributed by atoms with van der Waals surface area (Å²) in [6.07, 6.45) is 1.40. The van der Waals surface area contributed by atoms with Gasteiger partial charge in [0.15, 0.2) is 0 Å². The van der Waals surface area contributed by atoms with Crippen molar-refractivity contribution >= 4 is 49.7 Å². The van der Waals surface area contributed by atoms with Crippen LogP contribution >= 0.6 is 0 Å². The first kappa shape index (κ1) is 19.7. The van der Waals surface area contributed by atoms with Crippen molar-refractivity contribution in [1.29, 1.82) is 5.41 Å². The molecule has 0 atom stereocenters. The minimum absolute atomic E-state index is 0.816. The molecule has 0 bridgehead atoms. The number of fused-ring (bicyclic) bond motifs is 6. The predicted molar refractivity (Wildman–Crippen MR) is 147 cm³/mol. The Hall–Kier alpha value is -4.69. The molecule has 7 rings (SSSR count). The van der Waals surface area contributed by atoms with E-state index in [1.807, 2.05) is 24.3 Å². The number of rotatable bonds is 3. The van der Waals surface area contributed by atoms with Crippen molar-refractivity contribution in [2.75, 3.05) is 0 Å². The molecule has 2 heteroatoms. The molecular formula is C33H21NO. The van der Waals surface area contributed by atoms with Crippen molar-refractivity contribution in [3.8, 4) is 22.3 Å². The van der Waals surface area contributed by atoms with Gasteiger partial charge >= 0.3 is 0 Å². The summed E-state index contributed by atoms with van der Waals surface area (Å²) in [4.78, 5) is 0. The summed E-state index contributed by atoms with van der Waals surface area (Å²) < 4.78 is 6.04. The molecule has 0 spiro atoms. The van der Waals surface area contributed by atoms with E-state index in [4.69, 9.17) is 9.83 Å². The summed E-state index contributed by atoms with van der Waals surface area (Å²) in [5.74, 6) is 0. The molecule has 1 aromatic heterocycles. The maximum atomic E-state index is 7.80. The fourth-order valence-electron chi connectivity index (χ4n) is 5.29. The third-order valence-electron chi connectivity index (χ3n) is 6.98. The molecule has 35 heavy (non-hydrogen) atoms. The van der Waals surface area contributed by atoms with Crippen LogP contribution in [0.2, 0.25) is 0 Å². The van der Waals surface area contributed by atoms with Gasteiger partial charge in [-0.3, -0.25) is 0 Å². The second-order valence-electron chi connectivity index (χ2n) is 8.95. The Morgan fingerprint density at radius 3 is 2.06 bits per heavy atom. The monoisotopic (exact) mass is 447 g/mol. The molecule has 164 valence electrons. The van der Waals surface area contributed by atoms with Gasteiger partial charge in [0.25, 0.3) is 0 Å². The highest BCUT2D eigenvalue weighted by Crippen LogP contribution is 2.37. The van der Waals surface area contributed by atoms with Crippen LogP contribution in [0.3, 0.4) is 0 Å². The molecule has 0 aliphatic rings. The molecule has 0 unspecified atom stereocenters. The number of benzene rings is 6. The van der Waals surface area contributed by atoms with Crippen LogP contribution in [0.5, 0.6) is 0 Å². The van der Waals surface area contributed by atoms with Crippen molar-refractivity contribution in [3.63, 3.8) is 0 Å². The second kappa shape index (κ2) is 7.68. The van der Waals surface area contributed by atoms with E-state index in [0.29, 0.717) is 0 Å². The van der Waals surface area contributed by atoms with Crippen molar-refractivity contribution in [2.45, 2.75) is 0 Å². The summed E-state index contributed by atoms with van der Waals surface area (Å²) in [5.41, 5.74) is 7.28. The van der Waals surface area contributed by atoms with Gasteiger partial charge in [0.05, 0.1) is 0 Å². The minimum atomic E-state index is 0.816. The van der Waals surface area contributed by atoms with Gasteiger partial charge in [0.1, 0.15) is 11.2 Å². The van der Waals surface area contributed by atoms with Gasteiger partial charge in [0, 0.05) is 22.6 Å². The molecule has 0 fully saturated rings. The van der Waals surface area contributed by atoms with E-state index >= 15 is 0 Å². The van der Waals surface area contributed by atoms with Gasteiger partial charge in [-0.05, 0) is 68.1 Å². The number of nitrogens with one attached hydrogen (secondary N) is 1. The highest BCUT2D eigenvalue weighted by atomic mass is 16.3. The van der Waals surface area contributed by atoms with E-state index in [0.717, 1.165) is 38.6 Å². The van der Waals surface area contributed by atoms with Crippen LogP contribution < -0.4 is 0 Å². The Balaban J connectivity index is 1.36. The van der Waals surface area contributed by atoms with Crippen LogP contribution in [0.25, 0.3) is 65.7 Å². The molecule has 0 amide bonds. The first-order valence-electron chi connectivity index (χ1n) is 11.8. The Kier molecular flexibility index (Phi) is 4.33. The average Bonchev–Trinajstić information content (AvgIpc) is 3.31. The van der Waals surface area contributed by atoms with Gasteiger partial charge in [-0.15, -0.1) is 0 Å². The SMILES string of the molecule is N=Cc1cccc2oc3ccc(-c4ccc(-c5cc6ccccc6c6ccccc56)cc4)cc3c12. The minimum Gasteiger partial charge on any atom is -0.456 e. The summed E-state index contributed by atoms with van der Waals surface area (Å²) >= 11 is 0. The lowest BCUT2D eigenvalue weighted by molar-refractivity contribution is 0.669. The summed E-state index contributed by atoms with van der Waals surface area (Å²) in [6, 6.07) is 40.5. The molecule has 0 saturated carbocycles. The predicted octanol–water partition coefficient (Wildman–Crippen LogP) is 9.22. The number of furan rings is 1. The van der Waals surface area contributed by atoms with Crippen molar-refractivity contribution in [1.82, 2.24) is 0 Å². The smallest absolute Gasteiger partial charge is 0.136 e. The fraction of sp³-hybridized carbons (Fsp3) is 0. The zero-order chi connectivity index (χ0) is 23.4. The molecule has 0 radical (unpaired) electrons. The van der Waals surface area contributed by atoms with Crippen LogP contribution in [0.15, 0.2) is 120 Å². The van der Waals surface area contributed by atoms with E-state index in [-0.39, 0.29) is 0 Å². The number of hydrogen-bond acceptors (Lipinski definition) is 2. The van der Waals surface area contributed by atoms with Gasteiger partial charge in [-0.2, -0.15) is 0 Å². The van der Waals surface area contributed by atoms with Crippen molar-refractivity contribution in [3.05, 3.63) is 121 Å². The summed E-state index contributed by atoms with van der Waals surface area (Å²) in [5, 5.41) is 14.9. The van der Waals surface area contributed by atoms with E-state index in [1.54, 1.807) is 0 Å². The van der Waals surface area contributed by atoms with Crippen LogP contribution in [-0.2, 0) is 0 Å². The quantitative estimate of drug-likeness (QED) is 0.213. The first-order chi connectivity index (χ1) is 17.3. The second-order valence-corrected chi connectivity index (χ2v) is 8.95. The first-order valence-corrected chi connectivity index (χ1v) is 11.8. The largest absolute Gasteiger partial charge is 0.456 e. The zero-order valence-corrected chi connectivity index (χ0v) is 19.0. The zero-order valence-electron chi connectivity index (χ0n) is 19.0. The lowest BCUT2D eigenvalue weighted by Crippen LogP contribution is -1.85. The molecule has 6 aromatic carbocycles. The lowest BCUT2D eigenvalue weighted by Gasteiger charge is -2.12. The van der Waals surface area contributed by atoms with Crippen LogP contribution in [-0.4, -0.2) is 6.21 Å². The number of hydrogen-bond donors (Lipinski definition) is 1. The Morgan fingerprint density at radius 2 is 1.23 bits per heavy atom. The Bertz CT molecular complexity index is 1910. The third-order valence-corrected chi connectivity index (χ3v) is 6.98. The van der Waals surface area contributed by atoms with Gasteiger partial charge in [-0.1, -0.05) is 91.0 Å². The van der Waals surface area contributed by atoms with E-state index in [2.05, 4.69) is 91.0 Å². The maximum absolute atomic E-state index is 7.80. The molecule has 7 aromatic rings. The maximum Gasteiger partial charge on any atom is 0.136 e. The molecular weight excluding hydrogens is 426 g/mol. The van der Waals surface area contributed by atoms with Crippen molar-refractivity contribution < 1.29 is 4.42 Å². The average molecular weight is 448 g/mol. The lowest BCUT2D eigenvalue weighted by atomic mass is 9.92. The Morgan fingerprint density at radius 1 is 0.514 bits per heavy atom. The normalized spacial score (nSPS) is 11.5. The standard InChI is InChI=1S/C33H21NO/c34-20-25-7-5-11-32-33(25)30-18-23(16-17-31(30)35-32)21-12-14-22(15-13-21)29-19-24-6-1-2-8-26(24)27-9-3-4-10-28(27)29/h1-20,34H. The molecule has 0 saturated heterocycles. The summed E-state index contributed by atoms with van der Waals surface area (Å²) in [6.45, 7) is 0. The molecule has 1 heterocycles. The molecule has 2 nitrogen and oxygen atoms in total. The third kappa shape index (κ3) is 3.08. The van der Waals surface area contributed by atoms with Crippen molar-refractivity contribution in [2.24, 2.45) is 0 Å². The van der Waals surface area contributed by atoms with E-state index in [1.165, 1.54) is 38.9 Å². The van der Waals surface area contributed by atoms with Gasteiger partial charge < -0.3 is 9.83 Å². The van der Waals surface area contributed by atoms with E-state index < -0.39 is 0 Å². The Labute approximate surface area is 202 Å². The van der Waals surface area contributed by atoms with Crippen LogP contribution in [0.1, 0.15) is 5.56 Å². The molecule has 0 aliphatic heterocycles. The molecule has 0 aliphatic carbocycles. The van der Waals surface area contributed by atoms with E-state index in [9.17, 15) is 0 Å². The summed E-state index contributed by atoms with van der Waals surface area (Å²) in [7, 11) is 0. The topological polar surface area (TPSA) is 37.0 Å². The van der Waals surface area contributed by atoms with Crippen LogP contribution in [0, 0.1) is 5.41 Å². The van der Waals surface area contributed by atoms with Crippen LogP contribution in [0.4, 0.5) is 0 Å². The molecule has 1 N–H and O–H groups in total. The fourth-order valence-corrected chi connectivity index (χ4v) is 5.29. The van der Waals surface area contributed by atoms with Gasteiger partial charge in [0.2, 0.25) is 0 Å². The van der Waals surface area contributed by atoms with Gasteiger partial charge in [-0.25, -0.2) is 0 Å².